The number of ether oxygens (including phenoxy) is 2. The molecule has 6 nitrogen and oxygen atoms in total. The van der Waals surface area contributed by atoms with Crippen LogP contribution in [0.25, 0.3) is 0 Å². The highest BCUT2D eigenvalue weighted by Gasteiger charge is 2.68. The first-order valence-electron chi connectivity index (χ1n) is 7.56. The second-order valence-corrected chi connectivity index (χ2v) is 6.26. The van der Waals surface area contributed by atoms with Crippen molar-refractivity contribution in [3.05, 3.63) is 0 Å². The first-order chi connectivity index (χ1) is 10.0. The molecule has 6 heteroatoms. The number of carbonyl (C=O) groups excluding carboxylic acids is 3. The van der Waals surface area contributed by atoms with Gasteiger partial charge in [-0.05, 0) is 26.2 Å². The molecule has 0 radical (unpaired) electrons. The molecule has 1 N–H and O–H groups in total. The Kier molecular flexibility index (Phi) is 3.73. The number of unbranched alkanes of at least 4 members (excludes halogenated alkanes) is 1. The molecule has 0 aromatic carbocycles. The fraction of sp³-hybridized carbons (Fsp3) is 0.800. The molecule has 3 rings (SSSR count). The first-order valence-corrected chi connectivity index (χ1v) is 7.56. The molecule has 2 saturated carbocycles. The average molecular weight is 296 g/mol. The van der Waals surface area contributed by atoms with E-state index in [0.29, 0.717) is 12.8 Å². The molecule has 2 bridgehead atoms. The van der Waals surface area contributed by atoms with E-state index in [2.05, 4.69) is 0 Å². The summed E-state index contributed by atoms with van der Waals surface area (Å²) in [5.74, 6) is -1.44. The monoisotopic (exact) mass is 296 g/mol. The molecule has 3 fully saturated rings. The van der Waals surface area contributed by atoms with Gasteiger partial charge in [0.25, 0.3) is 0 Å². The number of carbonyl (C=O) groups is 3. The van der Waals surface area contributed by atoms with Gasteiger partial charge in [-0.3, -0.25) is 14.4 Å². The Hall–Kier alpha value is -1.43. The predicted molar refractivity (Wildman–Crippen MR) is 70.0 cm³/mol. The van der Waals surface area contributed by atoms with E-state index in [1.807, 2.05) is 0 Å². The Morgan fingerprint density at radius 3 is 2.76 bits per heavy atom. The van der Waals surface area contributed by atoms with E-state index >= 15 is 0 Å². The zero-order valence-corrected chi connectivity index (χ0v) is 12.0. The summed E-state index contributed by atoms with van der Waals surface area (Å²) >= 11 is 0. The lowest BCUT2D eigenvalue weighted by atomic mass is 9.76. The Balaban J connectivity index is 1.68. The Labute approximate surface area is 122 Å². The summed E-state index contributed by atoms with van der Waals surface area (Å²) in [6.45, 7) is 1.54. The lowest BCUT2D eigenvalue weighted by Crippen LogP contribution is -2.42. The van der Waals surface area contributed by atoms with Crippen LogP contribution in [0.1, 0.15) is 32.6 Å². The molecule has 2 aliphatic carbocycles. The SMILES string of the molecule is CC(=O)C1C2CC3C(OC(=O)C31)C2OC(=O)CCCCO. The number of hydrogen-bond donors (Lipinski definition) is 1. The summed E-state index contributed by atoms with van der Waals surface area (Å²) in [6.07, 6.45) is 1.24. The van der Waals surface area contributed by atoms with Crippen LogP contribution in [0.4, 0.5) is 0 Å². The molecule has 1 saturated heterocycles. The van der Waals surface area contributed by atoms with Gasteiger partial charge in [0.15, 0.2) is 0 Å². The Morgan fingerprint density at radius 2 is 2.10 bits per heavy atom. The van der Waals surface area contributed by atoms with Crippen molar-refractivity contribution in [2.45, 2.75) is 44.8 Å². The molecular weight excluding hydrogens is 276 g/mol. The number of ketones is 1. The lowest BCUT2D eigenvalue weighted by Gasteiger charge is -2.30. The van der Waals surface area contributed by atoms with Crippen molar-refractivity contribution in [1.82, 2.24) is 0 Å². The van der Waals surface area contributed by atoms with Crippen LogP contribution < -0.4 is 0 Å². The van der Waals surface area contributed by atoms with Gasteiger partial charge in [0.1, 0.15) is 18.0 Å². The van der Waals surface area contributed by atoms with Gasteiger partial charge in [-0.25, -0.2) is 0 Å². The fourth-order valence-corrected chi connectivity index (χ4v) is 4.29. The minimum absolute atomic E-state index is 0.0200. The number of hydrogen-bond acceptors (Lipinski definition) is 6. The second-order valence-electron chi connectivity index (χ2n) is 6.26. The van der Waals surface area contributed by atoms with Gasteiger partial charge in [-0.1, -0.05) is 0 Å². The van der Waals surface area contributed by atoms with Crippen molar-refractivity contribution in [2.75, 3.05) is 6.61 Å². The van der Waals surface area contributed by atoms with Crippen LogP contribution in [0.15, 0.2) is 0 Å². The smallest absolute Gasteiger partial charge is 0.310 e. The summed E-state index contributed by atoms with van der Waals surface area (Å²) < 4.78 is 10.9. The summed E-state index contributed by atoms with van der Waals surface area (Å²) in [4.78, 5) is 35.6. The van der Waals surface area contributed by atoms with Crippen LogP contribution in [0.5, 0.6) is 0 Å². The third kappa shape index (κ3) is 2.25. The van der Waals surface area contributed by atoms with E-state index in [-0.39, 0.29) is 60.5 Å². The van der Waals surface area contributed by atoms with Crippen molar-refractivity contribution < 1.29 is 29.0 Å². The van der Waals surface area contributed by atoms with Crippen molar-refractivity contribution in [1.29, 1.82) is 0 Å². The van der Waals surface area contributed by atoms with E-state index in [9.17, 15) is 14.4 Å². The first kappa shape index (κ1) is 14.5. The molecule has 0 aromatic heterocycles. The summed E-state index contributed by atoms with van der Waals surface area (Å²) in [5.41, 5.74) is 0. The molecule has 6 atom stereocenters. The molecule has 1 aliphatic heterocycles. The fourth-order valence-electron chi connectivity index (χ4n) is 4.29. The molecule has 0 spiro atoms. The number of Topliss-reactive ketones (excluding diaryl/α,β-unsaturated/α-hetero) is 1. The normalized spacial score (nSPS) is 39.4. The van der Waals surface area contributed by atoms with Gasteiger partial charge >= 0.3 is 11.9 Å². The van der Waals surface area contributed by atoms with Gasteiger partial charge in [0.2, 0.25) is 0 Å². The molecular formula is C15H20O6. The lowest BCUT2D eigenvalue weighted by molar-refractivity contribution is -0.162. The Morgan fingerprint density at radius 1 is 1.33 bits per heavy atom. The van der Waals surface area contributed by atoms with Crippen LogP contribution in [0.2, 0.25) is 0 Å². The van der Waals surface area contributed by atoms with Gasteiger partial charge < -0.3 is 14.6 Å². The maximum atomic E-state index is 11.9. The maximum Gasteiger partial charge on any atom is 0.310 e. The molecule has 3 aliphatic rings. The van der Waals surface area contributed by atoms with Crippen LogP contribution in [0, 0.1) is 23.7 Å². The molecule has 21 heavy (non-hydrogen) atoms. The van der Waals surface area contributed by atoms with E-state index < -0.39 is 6.10 Å². The van der Waals surface area contributed by atoms with Gasteiger partial charge in [-0.2, -0.15) is 0 Å². The second kappa shape index (κ2) is 5.40. The van der Waals surface area contributed by atoms with E-state index in [0.717, 1.165) is 6.42 Å². The largest absolute Gasteiger partial charge is 0.458 e. The number of esters is 2. The third-order valence-electron chi connectivity index (χ3n) is 5.07. The summed E-state index contributed by atoms with van der Waals surface area (Å²) in [5, 5.41) is 8.71. The third-order valence-corrected chi connectivity index (χ3v) is 5.07. The van der Waals surface area contributed by atoms with Crippen molar-refractivity contribution >= 4 is 17.7 Å². The predicted octanol–water partition coefficient (Wildman–Crippen LogP) is 0.457. The highest BCUT2D eigenvalue weighted by molar-refractivity contribution is 5.88. The van der Waals surface area contributed by atoms with E-state index in [4.69, 9.17) is 14.6 Å². The van der Waals surface area contributed by atoms with Crippen LogP contribution >= 0.6 is 0 Å². The highest BCUT2D eigenvalue weighted by atomic mass is 16.6. The number of aliphatic hydroxyl groups is 1. The number of rotatable bonds is 6. The van der Waals surface area contributed by atoms with E-state index in [1.165, 1.54) is 6.92 Å². The summed E-state index contributed by atoms with van der Waals surface area (Å²) in [6, 6.07) is 0. The minimum Gasteiger partial charge on any atom is -0.458 e. The molecule has 1 heterocycles. The highest BCUT2D eigenvalue weighted by Crippen LogP contribution is 2.58. The molecule has 0 aromatic rings. The van der Waals surface area contributed by atoms with Gasteiger partial charge in [0, 0.05) is 30.8 Å². The maximum absolute atomic E-state index is 11.9. The topological polar surface area (TPSA) is 89.9 Å². The van der Waals surface area contributed by atoms with Crippen molar-refractivity contribution in [3.8, 4) is 0 Å². The van der Waals surface area contributed by atoms with Gasteiger partial charge in [0.05, 0.1) is 5.92 Å². The quantitative estimate of drug-likeness (QED) is 0.565. The molecule has 6 unspecified atom stereocenters. The minimum atomic E-state index is -0.478. The van der Waals surface area contributed by atoms with Crippen LogP contribution in [-0.2, 0) is 23.9 Å². The van der Waals surface area contributed by atoms with Crippen LogP contribution in [-0.4, -0.2) is 41.6 Å². The Bertz CT molecular complexity index is 473. The van der Waals surface area contributed by atoms with E-state index in [1.54, 1.807) is 0 Å². The number of fused-ring (bicyclic) bond motifs is 1. The zero-order chi connectivity index (χ0) is 15.1. The molecule has 0 amide bonds. The van der Waals surface area contributed by atoms with Crippen molar-refractivity contribution in [3.63, 3.8) is 0 Å². The zero-order valence-electron chi connectivity index (χ0n) is 12.0. The summed E-state index contributed by atoms with van der Waals surface area (Å²) in [7, 11) is 0. The number of aliphatic hydroxyl groups excluding tert-OH is 1. The van der Waals surface area contributed by atoms with Crippen molar-refractivity contribution in [2.24, 2.45) is 23.7 Å². The standard InChI is InChI=1S/C15H20O6/c1-7(17)11-8-6-9-12(11)15(19)21-14(9)13(8)20-10(18)4-2-3-5-16/h8-9,11-14,16H,2-6H2,1H3. The van der Waals surface area contributed by atoms with Gasteiger partial charge in [-0.15, -0.1) is 0 Å². The molecule has 116 valence electrons. The average Bonchev–Trinajstić information content (AvgIpc) is 3.02. The van der Waals surface area contributed by atoms with Crippen LogP contribution in [0.3, 0.4) is 0 Å².